The van der Waals surface area contributed by atoms with Gasteiger partial charge in [-0.25, -0.2) is 0 Å². The van der Waals surface area contributed by atoms with Crippen LogP contribution in [0.5, 0.6) is 0 Å². The van der Waals surface area contributed by atoms with Gasteiger partial charge in [0.2, 0.25) is 0 Å². The first kappa shape index (κ1) is 35.3. The molecular formula is Cl3RbSr. The Morgan fingerprint density at radius 2 is 0.600 bits per heavy atom. The van der Waals surface area contributed by atoms with Crippen molar-refractivity contribution in [3.8, 4) is 0 Å². The molecule has 0 unspecified atom stereocenters. The molecule has 0 spiro atoms. The van der Waals surface area contributed by atoms with Crippen LogP contribution in [-0.4, -0.2) is 45.5 Å². The Bertz CT molecular complexity index is 6.85. The van der Waals surface area contributed by atoms with Crippen molar-refractivity contribution in [1.29, 1.82) is 0 Å². The molecule has 0 amide bonds. The Kier molecular flexibility index (Phi) is 171. The van der Waals surface area contributed by atoms with Gasteiger partial charge in [0.25, 0.3) is 0 Å². The molecule has 0 nitrogen and oxygen atoms in total. The van der Waals surface area contributed by atoms with Crippen molar-refractivity contribution in [3.63, 3.8) is 0 Å². The summed E-state index contributed by atoms with van der Waals surface area (Å²) in [6.45, 7) is 0. The number of rotatable bonds is 0. The van der Waals surface area contributed by atoms with Gasteiger partial charge in [-0.15, -0.1) is 0 Å². The molecule has 0 aliphatic heterocycles. The van der Waals surface area contributed by atoms with Crippen LogP contribution in [0.2, 0.25) is 0 Å². The number of hydrogen-bond donors (Lipinski definition) is 0. The zero-order valence-electron chi connectivity index (χ0n) is 2.84. The van der Waals surface area contributed by atoms with E-state index in [1.807, 2.05) is 0 Å². The fourth-order valence-electron chi connectivity index (χ4n) is 0. The fraction of sp³-hybridized carbons (Fsp3) is 0. The molecule has 0 heterocycles. The molecule has 0 rings (SSSR count). The van der Waals surface area contributed by atoms with E-state index in [9.17, 15) is 0 Å². The predicted molar refractivity (Wildman–Crippen MR) is 5.75 cm³/mol. The van der Waals surface area contributed by atoms with Gasteiger partial charge >= 0.3 is 104 Å². The van der Waals surface area contributed by atoms with E-state index >= 15 is 0 Å². The summed E-state index contributed by atoms with van der Waals surface area (Å²) in [4.78, 5) is 0. The van der Waals surface area contributed by atoms with E-state index in [0.29, 0.717) is 0 Å². The van der Waals surface area contributed by atoms with Crippen molar-refractivity contribution in [1.82, 2.24) is 0 Å². The van der Waals surface area contributed by atoms with Crippen LogP contribution in [0.4, 0.5) is 0 Å². The SMILES string of the molecule is [Cl-].[Cl-].[Cl-].[Rb+].[Sr+2]. The van der Waals surface area contributed by atoms with E-state index in [1.54, 1.807) is 0 Å². The first-order valence-electron chi connectivity index (χ1n) is 0. The van der Waals surface area contributed by atoms with Crippen LogP contribution in [0.1, 0.15) is 0 Å². The molecule has 0 aliphatic rings. The van der Waals surface area contributed by atoms with Gasteiger partial charge in [0.1, 0.15) is 0 Å². The van der Waals surface area contributed by atoms with Crippen molar-refractivity contribution in [2.75, 3.05) is 0 Å². The molecule has 0 atom stereocenters. The van der Waals surface area contributed by atoms with E-state index in [2.05, 4.69) is 0 Å². The number of halogens is 3. The Labute approximate surface area is 137 Å². The summed E-state index contributed by atoms with van der Waals surface area (Å²) in [7, 11) is 0. The number of hydrogen-bond acceptors (Lipinski definition) is 0. The second-order valence-corrected chi connectivity index (χ2v) is 0. The van der Waals surface area contributed by atoms with Crippen molar-refractivity contribution >= 4 is 45.5 Å². The minimum atomic E-state index is 0. The molecule has 0 N–H and O–H groups in total. The van der Waals surface area contributed by atoms with Gasteiger partial charge < -0.3 is 37.2 Å². The molecule has 24 valence electrons. The summed E-state index contributed by atoms with van der Waals surface area (Å²) in [6.07, 6.45) is 0. The van der Waals surface area contributed by atoms with Crippen LogP contribution in [0, 0.1) is 0 Å². The van der Waals surface area contributed by atoms with Gasteiger partial charge in [0.05, 0.1) is 0 Å². The summed E-state index contributed by atoms with van der Waals surface area (Å²) in [5.41, 5.74) is 0. The molecule has 5 heavy (non-hydrogen) atoms. The van der Waals surface area contributed by atoms with Crippen LogP contribution >= 0.6 is 0 Å². The van der Waals surface area contributed by atoms with Crippen molar-refractivity contribution in [2.24, 2.45) is 0 Å². The summed E-state index contributed by atoms with van der Waals surface area (Å²) in [6, 6.07) is 0. The Balaban J connectivity index is 0. The third kappa shape index (κ3) is 17.9. The minimum Gasteiger partial charge on any atom is -1.00 e. The van der Waals surface area contributed by atoms with Gasteiger partial charge in [0, 0.05) is 0 Å². The van der Waals surface area contributed by atoms with E-state index < -0.39 is 0 Å². The normalized spacial score (nSPS) is 0. The molecule has 0 saturated carbocycles. The van der Waals surface area contributed by atoms with Crippen LogP contribution in [-0.2, 0) is 0 Å². The summed E-state index contributed by atoms with van der Waals surface area (Å²) in [5.74, 6) is 0. The zero-order valence-corrected chi connectivity index (χ0v) is 13.5. The third-order valence-corrected chi connectivity index (χ3v) is 0. The monoisotopic (exact) mass is 278 g/mol. The smallest absolute Gasteiger partial charge is 1.00 e. The van der Waals surface area contributed by atoms with E-state index in [1.165, 1.54) is 0 Å². The molecular weight excluding hydrogens is 279 g/mol. The standard InChI is InChI=1S/3ClH.Rb.Sr/h3*1H;;/q;;;+1;+2/p-3. The molecule has 0 aromatic rings. The average molecular weight is 279 g/mol. The maximum atomic E-state index is 0. The van der Waals surface area contributed by atoms with E-state index in [0.717, 1.165) is 0 Å². The maximum absolute atomic E-state index is 0. The summed E-state index contributed by atoms with van der Waals surface area (Å²) in [5, 5.41) is 0. The average Bonchev–Trinajstić information content (AvgIpc) is 0. The van der Waals surface area contributed by atoms with Crippen molar-refractivity contribution < 1.29 is 95.4 Å². The van der Waals surface area contributed by atoms with Crippen LogP contribution in [0.25, 0.3) is 0 Å². The van der Waals surface area contributed by atoms with E-state index in [-0.39, 0.29) is 141 Å². The largest absolute Gasteiger partial charge is 2.00 e. The first-order valence-corrected chi connectivity index (χ1v) is 0. The Morgan fingerprint density at radius 3 is 0.600 bits per heavy atom. The molecule has 0 bridgehead atoms. The second-order valence-electron chi connectivity index (χ2n) is 0. The van der Waals surface area contributed by atoms with Crippen LogP contribution in [0.3, 0.4) is 0 Å². The van der Waals surface area contributed by atoms with Gasteiger partial charge in [-0.2, -0.15) is 0 Å². The van der Waals surface area contributed by atoms with Gasteiger partial charge in [-0.1, -0.05) is 0 Å². The first-order chi connectivity index (χ1) is 0. The second kappa shape index (κ2) is 24.2. The van der Waals surface area contributed by atoms with Gasteiger partial charge in [-0.3, -0.25) is 0 Å². The zero-order chi connectivity index (χ0) is 0. The fourth-order valence-corrected chi connectivity index (χ4v) is 0. The summed E-state index contributed by atoms with van der Waals surface area (Å²) < 4.78 is 0. The quantitative estimate of drug-likeness (QED) is 0.386. The maximum Gasteiger partial charge on any atom is 2.00 e. The molecule has 0 fully saturated rings. The van der Waals surface area contributed by atoms with Gasteiger partial charge in [-0.05, 0) is 0 Å². The molecule has 0 aromatic heterocycles. The molecule has 0 radical (unpaired) electrons. The molecule has 0 aliphatic carbocycles. The predicted octanol–water partition coefficient (Wildman–Crippen LogP) is -12.4. The summed E-state index contributed by atoms with van der Waals surface area (Å²) >= 11 is 0. The van der Waals surface area contributed by atoms with Crippen LogP contribution in [0.15, 0.2) is 0 Å². The van der Waals surface area contributed by atoms with Crippen LogP contribution < -0.4 is 95.4 Å². The molecule has 0 aromatic carbocycles. The van der Waals surface area contributed by atoms with E-state index in [4.69, 9.17) is 0 Å². The van der Waals surface area contributed by atoms with Crippen molar-refractivity contribution in [3.05, 3.63) is 0 Å². The third-order valence-electron chi connectivity index (χ3n) is 0. The molecule has 5 heteroatoms. The Morgan fingerprint density at radius 1 is 0.600 bits per heavy atom. The topological polar surface area (TPSA) is 0 Å². The Hall–Kier alpha value is 4.16. The van der Waals surface area contributed by atoms with Gasteiger partial charge in [0.15, 0.2) is 0 Å². The van der Waals surface area contributed by atoms with Crippen molar-refractivity contribution in [2.45, 2.75) is 0 Å². The minimum absolute atomic E-state index is 0. The molecule has 0 saturated heterocycles.